The lowest BCUT2D eigenvalue weighted by molar-refractivity contribution is 0.407. The Hall–Kier alpha value is 0.160. The van der Waals surface area contributed by atoms with E-state index in [-0.39, 0.29) is 0 Å². The van der Waals surface area contributed by atoms with E-state index in [0.29, 0.717) is 0 Å². The fourth-order valence-electron chi connectivity index (χ4n) is 1.91. The highest BCUT2D eigenvalue weighted by Gasteiger charge is 2.13. The maximum Gasteiger partial charge on any atom is 0.123 e. The normalized spacial score (nSPS) is 19.8. The first-order valence-electron chi connectivity index (χ1n) is 6.02. The van der Waals surface area contributed by atoms with Crippen LogP contribution in [0, 0.1) is 0 Å². The van der Waals surface area contributed by atoms with Gasteiger partial charge in [-0.25, -0.2) is 0 Å². The van der Waals surface area contributed by atoms with E-state index in [1.165, 1.54) is 22.8 Å². The van der Waals surface area contributed by atoms with Crippen LogP contribution in [0.4, 0.5) is 0 Å². The zero-order chi connectivity index (χ0) is 12.8. The van der Waals surface area contributed by atoms with Gasteiger partial charge in [0.2, 0.25) is 0 Å². The Kier molecular flexibility index (Phi) is 6.21. The maximum absolute atomic E-state index is 5.37. The number of rotatable bonds is 5. The monoisotopic (exact) mass is 347 g/mol. The molecular formula is C13H18BrNOS2. The molecule has 0 aromatic heterocycles. The van der Waals surface area contributed by atoms with E-state index < -0.39 is 0 Å². The zero-order valence-electron chi connectivity index (χ0n) is 10.4. The Morgan fingerprint density at radius 3 is 3.06 bits per heavy atom. The maximum atomic E-state index is 5.37. The van der Waals surface area contributed by atoms with E-state index in [2.05, 4.69) is 50.8 Å². The van der Waals surface area contributed by atoms with E-state index in [1.807, 2.05) is 12.1 Å². The molecule has 1 atom stereocenters. The summed E-state index contributed by atoms with van der Waals surface area (Å²) in [5.74, 6) is 4.82. The molecule has 100 valence electrons. The van der Waals surface area contributed by atoms with E-state index >= 15 is 0 Å². The van der Waals surface area contributed by atoms with E-state index in [9.17, 15) is 0 Å². The van der Waals surface area contributed by atoms with Gasteiger partial charge in [-0.15, -0.1) is 0 Å². The van der Waals surface area contributed by atoms with Crippen molar-refractivity contribution in [3.05, 3.63) is 28.2 Å². The Balaban J connectivity index is 1.83. The molecule has 1 aliphatic rings. The van der Waals surface area contributed by atoms with Crippen LogP contribution in [0.5, 0.6) is 5.75 Å². The molecule has 0 bridgehead atoms. The molecule has 2 rings (SSSR count). The van der Waals surface area contributed by atoms with Crippen LogP contribution < -0.4 is 10.1 Å². The summed E-state index contributed by atoms with van der Waals surface area (Å²) in [5, 5.41) is 4.29. The average Bonchev–Trinajstić information content (AvgIpc) is 2.40. The molecule has 18 heavy (non-hydrogen) atoms. The molecular weight excluding hydrogens is 330 g/mol. The highest BCUT2D eigenvalue weighted by Crippen LogP contribution is 2.25. The Labute approximate surface area is 126 Å². The first-order valence-corrected chi connectivity index (χ1v) is 9.01. The number of hydrogen-bond acceptors (Lipinski definition) is 4. The number of ether oxygens (including phenoxy) is 1. The van der Waals surface area contributed by atoms with E-state index in [0.717, 1.165) is 28.6 Å². The average molecular weight is 348 g/mol. The number of halogens is 1. The van der Waals surface area contributed by atoms with Gasteiger partial charge in [0.1, 0.15) is 5.75 Å². The molecule has 0 saturated carbocycles. The number of benzene rings is 1. The molecule has 1 unspecified atom stereocenters. The molecule has 0 radical (unpaired) electrons. The van der Waals surface area contributed by atoms with Crippen LogP contribution in [0.1, 0.15) is 5.56 Å². The molecule has 1 aromatic carbocycles. The lowest BCUT2D eigenvalue weighted by Crippen LogP contribution is -2.28. The summed E-state index contributed by atoms with van der Waals surface area (Å²) in [6, 6.07) is 6.14. The minimum atomic E-state index is 0.752. The van der Waals surface area contributed by atoms with Gasteiger partial charge in [-0.2, -0.15) is 23.5 Å². The highest BCUT2D eigenvalue weighted by atomic mass is 79.9. The van der Waals surface area contributed by atoms with Gasteiger partial charge in [0, 0.05) is 45.6 Å². The SMILES string of the molecule is COc1ccc(Br)cc1CNCC1CSCCS1. The molecule has 0 aliphatic carbocycles. The van der Waals surface area contributed by atoms with Crippen molar-refractivity contribution in [3.8, 4) is 5.75 Å². The van der Waals surface area contributed by atoms with Crippen LogP contribution in [0.15, 0.2) is 22.7 Å². The van der Waals surface area contributed by atoms with E-state index in [4.69, 9.17) is 4.74 Å². The van der Waals surface area contributed by atoms with Crippen LogP contribution in [0.2, 0.25) is 0 Å². The quantitative estimate of drug-likeness (QED) is 0.880. The number of thioether (sulfide) groups is 2. The lowest BCUT2D eigenvalue weighted by atomic mass is 10.2. The second-order valence-corrected chi connectivity index (χ2v) is 7.63. The molecule has 1 aromatic rings. The molecule has 1 saturated heterocycles. The van der Waals surface area contributed by atoms with Gasteiger partial charge in [0.25, 0.3) is 0 Å². The van der Waals surface area contributed by atoms with Crippen molar-refractivity contribution in [1.82, 2.24) is 5.32 Å². The van der Waals surface area contributed by atoms with Crippen LogP contribution in [-0.4, -0.2) is 36.2 Å². The summed E-state index contributed by atoms with van der Waals surface area (Å²) in [5.41, 5.74) is 1.21. The Morgan fingerprint density at radius 2 is 2.33 bits per heavy atom. The topological polar surface area (TPSA) is 21.3 Å². The summed E-state index contributed by atoms with van der Waals surface area (Å²) >= 11 is 7.66. The van der Waals surface area contributed by atoms with Gasteiger partial charge in [0.15, 0.2) is 0 Å². The minimum Gasteiger partial charge on any atom is -0.496 e. The van der Waals surface area contributed by atoms with Crippen LogP contribution in [0.3, 0.4) is 0 Å². The van der Waals surface area contributed by atoms with Crippen molar-refractivity contribution in [1.29, 1.82) is 0 Å². The molecule has 5 heteroatoms. The molecule has 0 amide bonds. The van der Waals surface area contributed by atoms with Crippen molar-refractivity contribution in [2.75, 3.05) is 30.9 Å². The van der Waals surface area contributed by atoms with Gasteiger partial charge in [-0.1, -0.05) is 15.9 Å². The summed E-state index contributed by atoms with van der Waals surface area (Å²) in [6.07, 6.45) is 0. The predicted octanol–water partition coefficient (Wildman–Crippen LogP) is 3.40. The van der Waals surface area contributed by atoms with Gasteiger partial charge in [-0.3, -0.25) is 0 Å². The molecule has 1 N–H and O–H groups in total. The third-order valence-electron chi connectivity index (χ3n) is 2.81. The lowest BCUT2D eigenvalue weighted by Gasteiger charge is -2.21. The Bertz CT molecular complexity index is 383. The third kappa shape index (κ3) is 4.37. The largest absolute Gasteiger partial charge is 0.496 e. The third-order valence-corrected chi connectivity index (χ3v) is 6.15. The Morgan fingerprint density at radius 1 is 1.44 bits per heavy atom. The second kappa shape index (κ2) is 7.68. The van der Waals surface area contributed by atoms with Gasteiger partial charge >= 0.3 is 0 Å². The fraction of sp³-hybridized carbons (Fsp3) is 0.538. The summed E-state index contributed by atoms with van der Waals surface area (Å²) < 4.78 is 6.47. The first-order chi connectivity index (χ1) is 8.79. The predicted molar refractivity (Wildman–Crippen MR) is 86.0 cm³/mol. The molecule has 1 fully saturated rings. The summed E-state index contributed by atoms with van der Waals surface area (Å²) in [4.78, 5) is 0. The number of nitrogens with one attached hydrogen (secondary N) is 1. The fourth-order valence-corrected chi connectivity index (χ4v) is 4.96. The zero-order valence-corrected chi connectivity index (χ0v) is 13.7. The smallest absolute Gasteiger partial charge is 0.123 e. The van der Waals surface area contributed by atoms with Crippen LogP contribution in [0.25, 0.3) is 0 Å². The molecule has 1 heterocycles. The minimum absolute atomic E-state index is 0.752. The molecule has 0 spiro atoms. The van der Waals surface area contributed by atoms with Crippen molar-refractivity contribution >= 4 is 39.5 Å². The second-order valence-electron chi connectivity index (χ2n) is 4.15. The number of hydrogen-bond donors (Lipinski definition) is 1. The van der Waals surface area contributed by atoms with Crippen molar-refractivity contribution in [3.63, 3.8) is 0 Å². The molecule has 2 nitrogen and oxygen atoms in total. The van der Waals surface area contributed by atoms with Crippen molar-refractivity contribution in [2.45, 2.75) is 11.8 Å². The van der Waals surface area contributed by atoms with Crippen LogP contribution >= 0.6 is 39.5 Å². The summed E-state index contributed by atoms with van der Waals surface area (Å²) in [7, 11) is 1.72. The first kappa shape index (κ1) is 14.6. The summed E-state index contributed by atoms with van der Waals surface area (Å²) in [6.45, 7) is 1.94. The highest BCUT2D eigenvalue weighted by molar-refractivity contribution is 9.10. The van der Waals surface area contributed by atoms with E-state index in [1.54, 1.807) is 7.11 Å². The number of methoxy groups -OCH3 is 1. The van der Waals surface area contributed by atoms with Gasteiger partial charge in [0.05, 0.1) is 7.11 Å². The molecule has 1 aliphatic heterocycles. The van der Waals surface area contributed by atoms with Crippen LogP contribution in [-0.2, 0) is 6.54 Å². The standard InChI is InChI=1S/C13H18BrNOS2/c1-16-13-3-2-11(14)6-10(13)7-15-8-12-9-17-4-5-18-12/h2-3,6,12,15H,4-5,7-9H2,1H3. The van der Waals surface area contributed by atoms with Gasteiger partial charge < -0.3 is 10.1 Å². The van der Waals surface area contributed by atoms with Gasteiger partial charge in [-0.05, 0) is 18.2 Å². The van der Waals surface area contributed by atoms with Crippen molar-refractivity contribution < 1.29 is 4.74 Å². The van der Waals surface area contributed by atoms with Crippen molar-refractivity contribution in [2.24, 2.45) is 0 Å².